The van der Waals surface area contributed by atoms with Gasteiger partial charge in [0, 0.05) is 0 Å². The summed E-state index contributed by atoms with van der Waals surface area (Å²) in [5.41, 5.74) is 0.957. The van der Waals surface area contributed by atoms with Crippen molar-refractivity contribution in [2.75, 3.05) is 6.61 Å². The van der Waals surface area contributed by atoms with Crippen LogP contribution < -0.4 is 0 Å². The number of hydrogen-bond acceptors (Lipinski definition) is 4. The van der Waals surface area contributed by atoms with Crippen LogP contribution in [0, 0.1) is 5.92 Å². The lowest BCUT2D eigenvalue weighted by Crippen LogP contribution is -2.43. The molecule has 4 heterocycles. The lowest BCUT2D eigenvalue weighted by Gasteiger charge is -2.40. The SMILES string of the molecule is CC(n1cc(-c2ccc(Br)s2)nn1)C12CC(CO1)C2. The fraction of sp³-hybridized carbons (Fsp3) is 0.538. The largest absolute Gasteiger partial charge is 0.372 e. The summed E-state index contributed by atoms with van der Waals surface area (Å²) >= 11 is 5.15. The van der Waals surface area contributed by atoms with Crippen molar-refractivity contribution in [2.45, 2.75) is 31.4 Å². The van der Waals surface area contributed by atoms with Crippen LogP contribution in [0.5, 0.6) is 0 Å². The van der Waals surface area contributed by atoms with Crippen LogP contribution in [0.15, 0.2) is 22.1 Å². The zero-order valence-electron chi connectivity index (χ0n) is 10.5. The van der Waals surface area contributed by atoms with Crippen molar-refractivity contribution in [3.8, 4) is 10.6 Å². The fourth-order valence-corrected chi connectivity index (χ4v) is 4.51. The fourth-order valence-electron chi connectivity index (χ4n) is 3.17. The molecule has 0 N–H and O–H groups in total. The normalized spacial score (nSPS) is 30.3. The highest BCUT2D eigenvalue weighted by Gasteiger charge is 2.56. The summed E-state index contributed by atoms with van der Waals surface area (Å²) in [5.74, 6) is 0.777. The second-order valence-electron chi connectivity index (χ2n) is 5.51. The Hall–Kier alpha value is -0.720. The second-order valence-corrected chi connectivity index (χ2v) is 7.98. The molecule has 4 nitrogen and oxygen atoms in total. The van der Waals surface area contributed by atoms with Gasteiger partial charge in [-0.1, -0.05) is 5.21 Å². The van der Waals surface area contributed by atoms with Crippen LogP contribution >= 0.6 is 27.3 Å². The maximum atomic E-state index is 5.96. The number of nitrogens with zero attached hydrogens (tertiary/aromatic N) is 3. The molecule has 1 aliphatic carbocycles. The van der Waals surface area contributed by atoms with Crippen molar-refractivity contribution in [3.63, 3.8) is 0 Å². The van der Waals surface area contributed by atoms with Crippen molar-refractivity contribution in [1.82, 2.24) is 15.0 Å². The molecule has 2 aromatic rings. The Labute approximate surface area is 123 Å². The van der Waals surface area contributed by atoms with Crippen LogP contribution in [-0.4, -0.2) is 27.2 Å². The lowest BCUT2D eigenvalue weighted by atomic mass is 9.71. The van der Waals surface area contributed by atoms with E-state index in [2.05, 4.69) is 39.2 Å². The Kier molecular flexibility index (Phi) is 2.62. The van der Waals surface area contributed by atoms with Gasteiger partial charge in [0.1, 0.15) is 5.69 Å². The quantitative estimate of drug-likeness (QED) is 0.858. The van der Waals surface area contributed by atoms with Crippen molar-refractivity contribution in [1.29, 1.82) is 0 Å². The average molecular weight is 340 g/mol. The molecule has 0 radical (unpaired) electrons. The molecule has 2 saturated heterocycles. The van der Waals surface area contributed by atoms with Crippen LogP contribution in [0.25, 0.3) is 10.6 Å². The van der Waals surface area contributed by atoms with E-state index in [1.807, 2.05) is 16.9 Å². The van der Waals surface area contributed by atoms with Crippen LogP contribution in [0.4, 0.5) is 0 Å². The maximum absolute atomic E-state index is 5.96. The van der Waals surface area contributed by atoms with Crippen LogP contribution in [-0.2, 0) is 4.74 Å². The Bertz CT molecular complexity index is 611. The summed E-state index contributed by atoms with van der Waals surface area (Å²) in [5, 5.41) is 8.58. The first-order chi connectivity index (χ1) is 9.16. The van der Waals surface area contributed by atoms with Gasteiger partial charge in [-0.15, -0.1) is 16.4 Å². The molecule has 19 heavy (non-hydrogen) atoms. The van der Waals surface area contributed by atoms with Gasteiger partial charge < -0.3 is 4.74 Å². The van der Waals surface area contributed by atoms with Crippen molar-refractivity contribution < 1.29 is 4.74 Å². The van der Waals surface area contributed by atoms with E-state index >= 15 is 0 Å². The summed E-state index contributed by atoms with van der Waals surface area (Å²) < 4.78 is 9.03. The van der Waals surface area contributed by atoms with Gasteiger partial charge in [-0.3, -0.25) is 0 Å². The zero-order valence-corrected chi connectivity index (χ0v) is 12.9. The summed E-state index contributed by atoms with van der Waals surface area (Å²) in [6, 6.07) is 4.37. The molecule has 5 rings (SSSR count). The van der Waals surface area contributed by atoms with E-state index in [-0.39, 0.29) is 11.6 Å². The van der Waals surface area contributed by atoms with E-state index in [4.69, 9.17) is 4.74 Å². The van der Waals surface area contributed by atoms with Gasteiger partial charge in [0.05, 0.1) is 33.1 Å². The van der Waals surface area contributed by atoms with Gasteiger partial charge in [-0.2, -0.15) is 0 Å². The number of ether oxygens (including phenoxy) is 1. The van der Waals surface area contributed by atoms with Crippen molar-refractivity contribution in [2.24, 2.45) is 5.92 Å². The third-order valence-corrected chi connectivity index (χ3v) is 6.02. The smallest absolute Gasteiger partial charge is 0.123 e. The summed E-state index contributed by atoms with van der Waals surface area (Å²) in [6.45, 7) is 3.11. The van der Waals surface area contributed by atoms with Gasteiger partial charge >= 0.3 is 0 Å². The molecule has 6 heteroatoms. The first kappa shape index (κ1) is 12.1. The first-order valence-electron chi connectivity index (χ1n) is 6.48. The van der Waals surface area contributed by atoms with E-state index in [1.165, 1.54) is 12.8 Å². The molecule has 1 saturated carbocycles. The predicted molar refractivity (Wildman–Crippen MR) is 77.2 cm³/mol. The number of aromatic nitrogens is 3. The molecule has 3 fully saturated rings. The number of rotatable bonds is 3. The first-order valence-corrected chi connectivity index (χ1v) is 8.09. The minimum atomic E-state index is 0.0195. The van der Waals surface area contributed by atoms with Gasteiger partial charge in [-0.05, 0) is 53.7 Å². The summed E-state index contributed by atoms with van der Waals surface area (Å²) in [7, 11) is 0. The minimum absolute atomic E-state index is 0.0195. The third kappa shape index (κ3) is 1.80. The molecule has 2 bridgehead atoms. The monoisotopic (exact) mass is 339 g/mol. The number of halogens is 1. The van der Waals surface area contributed by atoms with Crippen molar-refractivity contribution >= 4 is 27.3 Å². The summed E-state index contributed by atoms with van der Waals surface area (Å²) in [4.78, 5) is 1.14. The molecule has 2 aliphatic heterocycles. The number of thiophene rings is 1. The van der Waals surface area contributed by atoms with Gasteiger partial charge in [0.2, 0.25) is 0 Å². The average Bonchev–Trinajstić information content (AvgIpc) is 3.10. The van der Waals surface area contributed by atoms with Crippen LogP contribution in [0.1, 0.15) is 25.8 Å². The molecular formula is C13H14BrN3OS. The molecule has 100 valence electrons. The number of fused-ring (bicyclic) bond motifs is 1. The van der Waals surface area contributed by atoms with Gasteiger partial charge in [0.15, 0.2) is 0 Å². The summed E-state index contributed by atoms with van der Waals surface area (Å²) in [6.07, 6.45) is 4.38. The third-order valence-electron chi connectivity index (χ3n) is 4.37. The second kappa shape index (κ2) is 4.14. The molecular weight excluding hydrogens is 326 g/mol. The molecule has 2 aromatic heterocycles. The van der Waals surface area contributed by atoms with E-state index in [0.29, 0.717) is 0 Å². The highest BCUT2D eigenvalue weighted by atomic mass is 79.9. The van der Waals surface area contributed by atoms with Crippen LogP contribution in [0.3, 0.4) is 0 Å². The molecule has 0 spiro atoms. The van der Waals surface area contributed by atoms with Gasteiger partial charge in [0.25, 0.3) is 0 Å². The van der Waals surface area contributed by atoms with Crippen LogP contribution in [0.2, 0.25) is 0 Å². The molecule has 0 aromatic carbocycles. The molecule has 3 aliphatic rings. The van der Waals surface area contributed by atoms with E-state index in [1.54, 1.807) is 11.3 Å². The van der Waals surface area contributed by atoms with E-state index in [9.17, 15) is 0 Å². The van der Waals surface area contributed by atoms with Gasteiger partial charge in [-0.25, -0.2) is 4.68 Å². The van der Waals surface area contributed by atoms with Crippen molar-refractivity contribution in [3.05, 3.63) is 22.1 Å². The maximum Gasteiger partial charge on any atom is 0.123 e. The molecule has 1 atom stereocenters. The standard InChI is InChI=1S/C13H14BrN3OS/c1-8(13-4-9(5-13)7-18-13)17-6-10(15-16-17)11-2-3-12(14)19-11/h2-3,6,8-9H,4-5,7H2,1H3. The Morgan fingerprint density at radius 2 is 2.37 bits per heavy atom. The number of hydrogen-bond donors (Lipinski definition) is 0. The van der Waals surface area contributed by atoms with E-state index < -0.39 is 0 Å². The lowest BCUT2D eigenvalue weighted by molar-refractivity contribution is -0.0434. The van der Waals surface area contributed by atoms with E-state index in [0.717, 1.165) is 26.9 Å². The highest BCUT2D eigenvalue weighted by Crippen LogP contribution is 2.54. The molecule has 0 amide bonds. The molecule has 1 unspecified atom stereocenters. The Morgan fingerprint density at radius 3 is 3.00 bits per heavy atom. The Balaban J connectivity index is 1.61. The zero-order chi connectivity index (χ0) is 13.0. The Morgan fingerprint density at radius 1 is 1.53 bits per heavy atom. The topological polar surface area (TPSA) is 39.9 Å². The predicted octanol–water partition coefficient (Wildman–Crippen LogP) is 3.51. The minimum Gasteiger partial charge on any atom is -0.372 e. The highest BCUT2D eigenvalue weighted by molar-refractivity contribution is 9.11.